The lowest BCUT2D eigenvalue weighted by atomic mass is 10.1. The van der Waals surface area contributed by atoms with Gasteiger partial charge in [0.15, 0.2) is 0 Å². The van der Waals surface area contributed by atoms with Crippen molar-refractivity contribution in [1.82, 2.24) is 10.2 Å². The molecule has 0 aromatic heterocycles. The van der Waals surface area contributed by atoms with E-state index >= 15 is 0 Å². The minimum atomic E-state index is -4.18. The van der Waals surface area contributed by atoms with Crippen molar-refractivity contribution in [2.75, 3.05) is 17.4 Å². The number of sulfonamides is 1. The topological polar surface area (TPSA) is 86.8 Å². The third kappa shape index (κ3) is 7.66. The summed E-state index contributed by atoms with van der Waals surface area (Å²) in [5.41, 5.74) is 1.80. The molecule has 0 unspecified atom stereocenters. The van der Waals surface area contributed by atoms with Crippen LogP contribution in [0.1, 0.15) is 31.4 Å². The molecule has 0 bridgehead atoms. The smallest absolute Gasteiger partial charge is 0.264 e. The number of hydrogen-bond donors (Lipinski definition) is 1. The molecular weight excluding hydrogens is 581 g/mol. The highest BCUT2D eigenvalue weighted by Gasteiger charge is 2.33. The van der Waals surface area contributed by atoms with Crippen LogP contribution in [-0.2, 0) is 26.2 Å². The number of halogens is 3. The number of benzene rings is 3. The Bertz CT molecular complexity index is 1410. The number of rotatable bonds is 11. The Labute approximate surface area is 244 Å². The Morgan fingerprint density at radius 3 is 2.08 bits per heavy atom. The van der Waals surface area contributed by atoms with Gasteiger partial charge in [-0.2, -0.15) is 0 Å². The fraction of sp³-hybridized carbons (Fsp3) is 0.286. The van der Waals surface area contributed by atoms with Crippen LogP contribution in [0, 0.1) is 6.92 Å². The van der Waals surface area contributed by atoms with E-state index in [4.69, 9.17) is 34.8 Å². The molecule has 0 saturated heterocycles. The van der Waals surface area contributed by atoms with Crippen LogP contribution in [0.3, 0.4) is 0 Å². The second-order valence-electron chi connectivity index (χ2n) is 8.88. The molecule has 3 aromatic rings. The molecule has 0 aliphatic heterocycles. The van der Waals surface area contributed by atoms with Gasteiger partial charge in [-0.25, -0.2) is 8.42 Å². The van der Waals surface area contributed by atoms with Crippen molar-refractivity contribution in [2.24, 2.45) is 0 Å². The van der Waals surface area contributed by atoms with Gasteiger partial charge in [0, 0.05) is 28.2 Å². The molecule has 208 valence electrons. The standard InChI is InChI=1S/C28H30Cl3N3O4S/c1-4-26(28(36)32-5-2)33(17-20-8-9-22(30)16-25(20)31)27(35)18-34(23-12-6-19(3)7-13-23)39(37,38)24-14-10-21(29)11-15-24/h6-16,26H,4-5,17-18H2,1-3H3,(H,32,36)/t26-/m1/s1. The molecule has 0 spiro atoms. The van der Waals surface area contributed by atoms with Crippen molar-refractivity contribution < 1.29 is 18.0 Å². The van der Waals surface area contributed by atoms with Gasteiger partial charge in [-0.15, -0.1) is 0 Å². The van der Waals surface area contributed by atoms with Gasteiger partial charge in [0.2, 0.25) is 11.8 Å². The molecule has 3 rings (SSSR count). The van der Waals surface area contributed by atoms with Crippen LogP contribution in [0.2, 0.25) is 15.1 Å². The van der Waals surface area contributed by atoms with Crippen LogP contribution in [0.15, 0.2) is 71.6 Å². The fourth-order valence-electron chi connectivity index (χ4n) is 4.02. The van der Waals surface area contributed by atoms with Crippen molar-refractivity contribution in [3.63, 3.8) is 0 Å². The van der Waals surface area contributed by atoms with E-state index in [1.54, 1.807) is 56.3 Å². The molecule has 11 heteroatoms. The third-order valence-electron chi connectivity index (χ3n) is 6.10. The van der Waals surface area contributed by atoms with E-state index in [2.05, 4.69) is 5.32 Å². The van der Waals surface area contributed by atoms with Gasteiger partial charge in [0.1, 0.15) is 12.6 Å². The zero-order valence-electron chi connectivity index (χ0n) is 21.8. The van der Waals surface area contributed by atoms with Crippen LogP contribution in [-0.4, -0.2) is 44.3 Å². The number of likely N-dealkylation sites (N-methyl/N-ethyl adjacent to an activating group) is 1. The molecule has 7 nitrogen and oxygen atoms in total. The predicted octanol–water partition coefficient (Wildman–Crippen LogP) is 6.09. The van der Waals surface area contributed by atoms with E-state index in [1.165, 1.54) is 29.2 Å². The average Bonchev–Trinajstić information content (AvgIpc) is 2.89. The first-order chi connectivity index (χ1) is 18.5. The molecule has 0 radical (unpaired) electrons. The largest absolute Gasteiger partial charge is 0.355 e. The number of aryl methyl sites for hydroxylation is 1. The van der Waals surface area contributed by atoms with Gasteiger partial charge in [0.05, 0.1) is 10.6 Å². The lowest BCUT2D eigenvalue weighted by Gasteiger charge is -2.33. The van der Waals surface area contributed by atoms with Gasteiger partial charge < -0.3 is 10.2 Å². The second kappa shape index (κ2) is 13.5. The molecule has 0 fully saturated rings. The van der Waals surface area contributed by atoms with Gasteiger partial charge in [-0.3, -0.25) is 13.9 Å². The summed E-state index contributed by atoms with van der Waals surface area (Å²) in [5.74, 6) is -0.918. The molecule has 1 N–H and O–H groups in total. The first-order valence-corrected chi connectivity index (χ1v) is 14.9. The summed E-state index contributed by atoms with van der Waals surface area (Å²) in [5, 5.41) is 3.90. The molecule has 0 heterocycles. The van der Waals surface area contributed by atoms with E-state index < -0.39 is 28.5 Å². The molecule has 3 aromatic carbocycles. The van der Waals surface area contributed by atoms with Crippen molar-refractivity contribution >= 4 is 62.3 Å². The summed E-state index contributed by atoms with van der Waals surface area (Å²) in [4.78, 5) is 28.3. The molecule has 2 amide bonds. The van der Waals surface area contributed by atoms with Gasteiger partial charge >= 0.3 is 0 Å². The summed E-state index contributed by atoms with van der Waals surface area (Å²) in [6, 6.07) is 16.5. The Balaban J connectivity index is 2.07. The van der Waals surface area contributed by atoms with E-state index in [-0.39, 0.29) is 17.3 Å². The third-order valence-corrected chi connectivity index (χ3v) is 8.72. The molecule has 0 saturated carbocycles. The monoisotopic (exact) mass is 609 g/mol. The zero-order valence-corrected chi connectivity index (χ0v) is 24.9. The number of amides is 2. The van der Waals surface area contributed by atoms with Gasteiger partial charge in [-0.05, 0) is 74.4 Å². The minimum Gasteiger partial charge on any atom is -0.355 e. The lowest BCUT2D eigenvalue weighted by Crippen LogP contribution is -2.52. The Morgan fingerprint density at radius 1 is 0.897 bits per heavy atom. The molecule has 39 heavy (non-hydrogen) atoms. The van der Waals surface area contributed by atoms with Crippen LogP contribution < -0.4 is 9.62 Å². The van der Waals surface area contributed by atoms with Crippen LogP contribution in [0.5, 0.6) is 0 Å². The highest BCUT2D eigenvalue weighted by Crippen LogP contribution is 2.27. The van der Waals surface area contributed by atoms with Crippen molar-refractivity contribution in [3.8, 4) is 0 Å². The van der Waals surface area contributed by atoms with E-state index in [0.717, 1.165) is 9.87 Å². The van der Waals surface area contributed by atoms with Gasteiger partial charge in [0.25, 0.3) is 10.0 Å². The summed E-state index contributed by atoms with van der Waals surface area (Å²) >= 11 is 18.4. The number of hydrogen-bond acceptors (Lipinski definition) is 4. The molecule has 0 aliphatic rings. The van der Waals surface area contributed by atoms with Gasteiger partial charge in [-0.1, -0.05) is 65.5 Å². The number of carbonyl (C=O) groups excluding carboxylic acids is 2. The maximum atomic E-state index is 14.0. The van der Waals surface area contributed by atoms with Crippen molar-refractivity contribution in [1.29, 1.82) is 0 Å². The second-order valence-corrected chi connectivity index (χ2v) is 12.0. The van der Waals surface area contributed by atoms with E-state index in [9.17, 15) is 18.0 Å². The minimum absolute atomic E-state index is 0.0206. The highest BCUT2D eigenvalue weighted by atomic mass is 35.5. The summed E-state index contributed by atoms with van der Waals surface area (Å²) < 4.78 is 28.7. The number of nitrogens with zero attached hydrogens (tertiary/aromatic N) is 2. The molecular formula is C28H30Cl3N3O4S. The van der Waals surface area contributed by atoms with Crippen LogP contribution in [0.25, 0.3) is 0 Å². The summed E-state index contributed by atoms with van der Waals surface area (Å²) in [6.07, 6.45) is 0.303. The number of anilines is 1. The fourth-order valence-corrected chi connectivity index (χ4v) is 6.03. The highest BCUT2D eigenvalue weighted by molar-refractivity contribution is 7.92. The first kappa shape index (κ1) is 30.8. The van der Waals surface area contributed by atoms with Crippen LogP contribution >= 0.6 is 34.8 Å². The SMILES string of the molecule is CCNC(=O)[C@@H](CC)N(Cc1ccc(Cl)cc1Cl)C(=O)CN(c1ccc(C)cc1)S(=O)(=O)c1ccc(Cl)cc1. The maximum Gasteiger partial charge on any atom is 0.264 e. The average molecular weight is 611 g/mol. The number of carbonyl (C=O) groups is 2. The zero-order chi connectivity index (χ0) is 28.7. The Hall–Kier alpha value is -2.78. The normalized spacial score (nSPS) is 12.1. The Morgan fingerprint density at radius 2 is 1.51 bits per heavy atom. The number of nitrogens with one attached hydrogen (secondary N) is 1. The molecule has 0 aliphatic carbocycles. The van der Waals surface area contributed by atoms with Crippen molar-refractivity contribution in [3.05, 3.63) is 92.9 Å². The van der Waals surface area contributed by atoms with Crippen molar-refractivity contribution in [2.45, 2.75) is 44.7 Å². The first-order valence-electron chi connectivity index (χ1n) is 12.3. The van der Waals surface area contributed by atoms with E-state index in [0.29, 0.717) is 39.3 Å². The summed E-state index contributed by atoms with van der Waals surface area (Å²) in [7, 11) is -4.18. The summed E-state index contributed by atoms with van der Waals surface area (Å²) in [6.45, 7) is 5.25. The molecule has 1 atom stereocenters. The quantitative estimate of drug-likeness (QED) is 0.285. The van der Waals surface area contributed by atoms with E-state index in [1.807, 2.05) is 6.92 Å². The lowest BCUT2D eigenvalue weighted by molar-refractivity contribution is -0.140. The van der Waals surface area contributed by atoms with Crippen LogP contribution in [0.4, 0.5) is 5.69 Å². The maximum absolute atomic E-state index is 14.0. The predicted molar refractivity (Wildman–Crippen MR) is 157 cm³/mol. The Kier molecular flexibility index (Phi) is 10.7.